The summed E-state index contributed by atoms with van der Waals surface area (Å²) in [7, 11) is 1.86. The van der Waals surface area contributed by atoms with Crippen molar-refractivity contribution in [2.24, 2.45) is 7.05 Å². The number of hydrogen-bond donors (Lipinski definition) is 2. The average molecular weight is 534 g/mol. The summed E-state index contributed by atoms with van der Waals surface area (Å²) in [6.07, 6.45) is 5.69. The molecule has 0 unspecified atom stereocenters. The molecule has 200 valence electrons. The minimum absolute atomic E-state index is 0.131. The second-order valence-corrected chi connectivity index (χ2v) is 9.45. The Kier molecular flexibility index (Phi) is 6.31. The van der Waals surface area contributed by atoms with E-state index in [9.17, 15) is 4.79 Å². The Morgan fingerprint density at radius 2 is 1.93 bits per heavy atom. The van der Waals surface area contributed by atoms with Crippen molar-refractivity contribution < 1.29 is 4.52 Å². The lowest BCUT2D eigenvalue weighted by atomic mass is 9.99. The van der Waals surface area contributed by atoms with Gasteiger partial charge in [0.2, 0.25) is 0 Å². The van der Waals surface area contributed by atoms with E-state index in [0.29, 0.717) is 29.0 Å². The number of aromatic nitrogens is 7. The van der Waals surface area contributed by atoms with Crippen molar-refractivity contribution in [1.82, 2.24) is 34.5 Å². The summed E-state index contributed by atoms with van der Waals surface area (Å²) in [5, 5.41) is 13.1. The predicted molar refractivity (Wildman–Crippen MR) is 153 cm³/mol. The SMILES string of the molecule is CC[C@H](Nc1ncnc(N)c1-c1nc(C)no1)c1cc2cccc(-c3cnn(C)c3)c2c(=O)n1-c1ccccc1. The molecule has 11 heteroatoms. The third-order valence-electron chi connectivity index (χ3n) is 6.80. The van der Waals surface area contributed by atoms with Crippen LogP contribution in [0.15, 0.2) is 82.6 Å². The molecule has 0 aliphatic carbocycles. The molecule has 2 aromatic carbocycles. The van der Waals surface area contributed by atoms with E-state index in [4.69, 9.17) is 10.3 Å². The lowest BCUT2D eigenvalue weighted by Gasteiger charge is -2.24. The summed E-state index contributed by atoms with van der Waals surface area (Å²) in [6.45, 7) is 3.76. The molecule has 0 saturated carbocycles. The van der Waals surface area contributed by atoms with E-state index in [2.05, 4.69) is 30.5 Å². The van der Waals surface area contributed by atoms with E-state index in [-0.39, 0.29) is 23.3 Å². The lowest BCUT2D eigenvalue weighted by Crippen LogP contribution is -2.27. The fourth-order valence-electron chi connectivity index (χ4n) is 4.95. The summed E-state index contributed by atoms with van der Waals surface area (Å²) < 4.78 is 8.88. The standard InChI is InChI=1S/C29H27N9O2/c1-4-22(35-27-25(26(30)31-16-32-27)28-34-17(2)36-40-28)23-13-18-9-8-12-21(19-14-33-37(3)15-19)24(18)29(39)38(23)20-10-6-5-7-11-20/h5-16,22H,4H2,1-3H3,(H3,30,31,32,35)/t22-/m0/s1. The van der Waals surface area contributed by atoms with Crippen molar-refractivity contribution in [3.05, 3.63) is 95.2 Å². The monoisotopic (exact) mass is 533 g/mol. The van der Waals surface area contributed by atoms with Crippen molar-refractivity contribution in [3.8, 4) is 28.3 Å². The molecule has 1 atom stereocenters. The molecule has 0 radical (unpaired) electrons. The van der Waals surface area contributed by atoms with E-state index in [0.717, 1.165) is 27.9 Å². The van der Waals surface area contributed by atoms with E-state index in [1.165, 1.54) is 6.33 Å². The van der Waals surface area contributed by atoms with Gasteiger partial charge in [-0.15, -0.1) is 0 Å². The van der Waals surface area contributed by atoms with Crippen LogP contribution in [0.1, 0.15) is 30.9 Å². The van der Waals surface area contributed by atoms with Crippen LogP contribution in [0.5, 0.6) is 0 Å². The Morgan fingerprint density at radius 3 is 2.62 bits per heavy atom. The zero-order chi connectivity index (χ0) is 27.8. The largest absolute Gasteiger partial charge is 0.383 e. The van der Waals surface area contributed by atoms with Crippen LogP contribution >= 0.6 is 0 Å². The fraction of sp³-hybridized carbons (Fsp3) is 0.172. The third-order valence-corrected chi connectivity index (χ3v) is 6.80. The molecule has 40 heavy (non-hydrogen) atoms. The number of nitrogens with one attached hydrogen (secondary N) is 1. The highest BCUT2D eigenvalue weighted by Gasteiger charge is 2.24. The number of fused-ring (bicyclic) bond motifs is 1. The Hall–Kier alpha value is -5.32. The number of nitrogens with two attached hydrogens (primary N) is 1. The number of anilines is 2. The molecule has 4 aromatic heterocycles. The molecule has 0 amide bonds. The molecule has 0 spiro atoms. The van der Waals surface area contributed by atoms with Crippen LogP contribution in [-0.4, -0.2) is 34.5 Å². The first kappa shape index (κ1) is 25.0. The molecule has 11 nitrogen and oxygen atoms in total. The number of benzene rings is 2. The molecule has 6 rings (SSSR count). The van der Waals surface area contributed by atoms with Gasteiger partial charge in [0, 0.05) is 30.2 Å². The Morgan fingerprint density at radius 1 is 1.10 bits per heavy atom. The summed E-state index contributed by atoms with van der Waals surface area (Å²) in [5.74, 6) is 1.32. The molecule has 3 N–H and O–H groups in total. The number of nitrogens with zero attached hydrogens (tertiary/aromatic N) is 7. The zero-order valence-corrected chi connectivity index (χ0v) is 22.2. The minimum Gasteiger partial charge on any atom is -0.383 e. The van der Waals surface area contributed by atoms with Crippen LogP contribution in [-0.2, 0) is 7.05 Å². The highest BCUT2D eigenvalue weighted by atomic mass is 16.5. The van der Waals surface area contributed by atoms with E-state index in [1.807, 2.05) is 74.8 Å². The number of para-hydroxylation sites is 1. The van der Waals surface area contributed by atoms with Crippen molar-refractivity contribution in [3.63, 3.8) is 0 Å². The minimum atomic E-state index is -0.337. The Balaban J connectivity index is 1.56. The molecule has 6 aromatic rings. The molecule has 0 fully saturated rings. The van der Waals surface area contributed by atoms with Crippen LogP contribution in [0.3, 0.4) is 0 Å². The second kappa shape index (κ2) is 10.1. The van der Waals surface area contributed by atoms with Crippen molar-refractivity contribution >= 4 is 22.4 Å². The number of aryl methyl sites for hydroxylation is 2. The van der Waals surface area contributed by atoms with E-state index < -0.39 is 0 Å². The van der Waals surface area contributed by atoms with Crippen molar-refractivity contribution in [2.75, 3.05) is 11.1 Å². The first-order chi connectivity index (χ1) is 19.4. The van der Waals surface area contributed by atoms with Gasteiger partial charge >= 0.3 is 0 Å². The van der Waals surface area contributed by atoms with Gasteiger partial charge in [0.15, 0.2) is 5.82 Å². The second-order valence-electron chi connectivity index (χ2n) is 9.45. The summed E-state index contributed by atoms with van der Waals surface area (Å²) in [6, 6.07) is 17.2. The van der Waals surface area contributed by atoms with Crippen molar-refractivity contribution in [1.29, 1.82) is 0 Å². The first-order valence-electron chi connectivity index (χ1n) is 12.9. The van der Waals surface area contributed by atoms with E-state index in [1.54, 1.807) is 22.4 Å². The van der Waals surface area contributed by atoms with Gasteiger partial charge in [0.05, 0.1) is 17.6 Å². The summed E-state index contributed by atoms with van der Waals surface area (Å²) >= 11 is 0. The highest BCUT2D eigenvalue weighted by Crippen LogP contribution is 2.34. The molecule has 4 heterocycles. The maximum Gasteiger partial charge on any atom is 0.265 e. The van der Waals surface area contributed by atoms with Gasteiger partial charge in [0.25, 0.3) is 11.4 Å². The molecule has 0 saturated heterocycles. The molecular formula is C29H27N9O2. The molecule has 0 aliphatic rings. The number of pyridine rings is 1. The quantitative estimate of drug-likeness (QED) is 0.299. The normalized spacial score (nSPS) is 12.1. The number of rotatable bonds is 7. The molecule has 0 aliphatic heterocycles. The van der Waals surface area contributed by atoms with Crippen LogP contribution in [0.4, 0.5) is 11.6 Å². The smallest absolute Gasteiger partial charge is 0.265 e. The lowest BCUT2D eigenvalue weighted by molar-refractivity contribution is 0.425. The maximum atomic E-state index is 14.4. The van der Waals surface area contributed by atoms with Gasteiger partial charge in [-0.1, -0.05) is 48.5 Å². The zero-order valence-electron chi connectivity index (χ0n) is 22.2. The van der Waals surface area contributed by atoms with Gasteiger partial charge in [-0.3, -0.25) is 14.0 Å². The van der Waals surface area contributed by atoms with Crippen LogP contribution in [0, 0.1) is 6.92 Å². The van der Waals surface area contributed by atoms with Gasteiger partial charge in [-0.25, -0.2) is 9.97 Å². The fourth-order valence-corrected chi connectivity index (χ4v) is 4.95. The van der Waals surface area contributed by atoms with Crippen molar-refractivity contribution in [2.45, 2.75) is 26.3 Å². The first-order valence-corrected chi connectivity index (χ1v) is 12.9. The van der Waals surface area contributed by atoms with Crippen LogP contribution in [0.2, 0.25) is 0 Å². The van der Waals surface area contributed by atoms with E-state index >= 15 is 0 Å². The third kappa shape index (κ3) is 4.37. The summed E-state index contributed by atoms with van der Waals surface area (Å²) in [5.41, 5.74) is 9.72. The van der Waals surface area contributed by atoms with Gasteiger partial charge in [0.1, 0.15) is 23.5 Å². The maximum absolute atomic E-state index is 14.4. The van der Waals surface area contributed by atoms with Gasteiger partial charge in [-0.05, 0) is 42.5 Å². The van der Waals surface area contributed by atoms with Gasteiger partial charge < -0.3 is 15.6 Å². The molecular weight excluding hydrogens is 506 g/mol. The van der Waals surface area contributed by atoms with Crippen LogP contribution in [0.25, 0.3) is 39.0 Å². The topological polar surface area (TPSA) is 143 Å². The number of nitrogen functional groups attached to an aromatic ring is 1. The Bertz CT molecular complexity index is 1890. The highest BCUT2D eigenvalue weighted by molar-refractivity contribution is 5.96. The average Bonchev–Trinajstić information content (AvgIpc) is 3.59. The van der Waals surface area contributed by atoms with Gasteiger partial charge in [-0.2, -0.15) is 10.1 Å². The number of hydrogen-bond acceptors (Lipinski definition) is 9. The Labute approximate surface area is 229 Å². The molecule has 0 bridgehead atoms. The summed E-state index contributed by atoms with van der Waals surface area (Å²) in [4.78, 5) is 27.3. The predicted octanol–water partition coefficient (Wildman–Crippen LogP) is 4.69. The van der Waals surface area contributed by atoms with Crippen LogP contribution < -0.4 is 16.6 Å².